The number of anilines is 1. The Kier molecular flexibility index (Phi) is 7.46. The van der Waals surface area contributed by atoms with Gasteiger partial charge in [-0.1, -0.05) is 42.8 Å². The summed E-state index contributed by atoms with van der Waals surface area (Å²) in [6.45, 7) is 1.54. The Morgan fingerprint density at radius 3 is 2.39 bits per heavy atom. The lowest BCUT2D eigenvalue weighted by Crippen LogP contribution is -2.17. The fourth-order valence-corrected chi connectivity index (χ4v) is 3.44. The Morgan fingerprint density at radius 1 is 1.03 bits per heavy atom. The molecule has 1 fully saturated rings. The van der Waals surface area contributed by atoms with Crippen molar-refractivity contribution in [2.45, 2.75) is 13.8 Å². The second kappa shape index (κ2) is 10.1. The fourth-order valence-electron chi connectivity index (χ4n) is 3.16. The van der Waals surface area contributed by atoms with Crippen LogP contribution in [0.3, 0.4) is 0 Å². The van der Waals surface area contributed by atoms with E-state index in [1.165, 1.54) is 24.4 Å². The zero-order valence-corrected chi connectivity index (χ0v) is 18.2. The molecule has 0 atom stereocenters. The maximum atomic E-state index is 14.6. The van der Waals surface area contributed by atoms with Crippen LogP contribution in [0.25, 0.3) is 0 Å². The number of amidine groups is 1. The summed E-state index contributed by atoms with van der Waals surface area (Å²) < 4.78 is 14.6. The number of halogens is 3. The van der Waals surface area contributed by atoms with Crippen molar-refractivity contribution in [2.24, 2.45) is 0 Å². The average molecular weight is 487 g/mol. The first-order valence-corrected chi connectivity index (χ1v) is 10.5. The lowest BCUT2D eigenvalue weighted by atomic mass is 9.97. The highest BCUT2D eigenvalue weighted by molar-refractivity contribution is 6.31. The average Bonchev–Trinajstić information content (AvgIpc) is 3.61. The van der Waals surface area contributed by atoms with Gasteiger partial charge in [0.05, 0.1) is 10.6 Å². The van der Waals surface area contributed by atoms with E-state index in [4.69, 9.17) is 28.6 Å². The maximum Gasteiger partial charge on any atom is 0.257 e. The highest BCUT2D eigenvalue weighted by Crippen LogP contribution is 2.22. The molecule has 9 heteroatoms. The summed E-state index contributed by atoms with van der Waals surface area (Å²) in [5.41, 5.74) is 0.890. The fraction of sp³-hybridized carbons (Fsp3) is 0.167. The molecule has 4 rings (SSSR count). The minimum absolute atomic E-state index is 0. The van der Waals surface area contributed by atoms with Gasteiger partial charge < -0.3 is 10.2 Å². The van der Waals surface area contributed by atoms with Crippen molar-refractivity contribution in [1.29, 1.82) is 5.41 Å². The minimum Gasteiger partial charge on any atom is -0.353 e. The number of carbonyl (C=O) groups is 2. The van der Waals surface area contributed by atoms with E-state index in [1.54, 1.807) is 35.2 Å². The van der Waals surface area contributed by atoms with Crippen LogP contribution in [-0.4, -0.2) is 40.5 Å². The number of aromatic nitrogens is 1. The Hall–Kier alpha value is -3.29. The zero-order valence-electron chi connectivity index (χ0n) is 16.7. The molecular formula is C24H21Cl2FN4O2. The number of rotatable bonds is 6. The predicted molar refractivity (Wildman–Crippen MR) is 128 cm³/mol. The van der Waals surface area contributed by atoms with Gasteiger partial charge >= 0.3 is 0 Å². The van der Waals surface area contributed by atoms with Gasteiger partial charge in [0, 0.05) is 41.9 Å². The molecule has 0 unspecified atom stereocenters. The number of nitrogens with zero attached hydrogens (tertiary/aromatic N) is 2. The summed E-state index contributed by atoms with van der Waals surface area (Å²) in [6.07, 6.45) is 1.19. The smallest absolute Gasteiger partial charge is 0.257 e. The summed E-state index contributed by atoms with van der Waals surface area (Å²) in [6, 6.07) is 11.8. The summed E-state index contributed by atoms with van der Waals surface area (Å²) in [5.74, 6) is -1.19. The molecule has 1 aromatic heterocycles. The van der Waals surface area contributed by atoms with E-state index in [9.17, 15) is 14.0 Å². The summed E-state index contributed by atoms with van der Waals surface area (Å²) in [7, 11) is 0. The molecule has 0 radical (unpaired) electrons. The molecule has 3 aromatic rings. The zero-order chi connectivity index (χ0) is 22.8. The van der Waals surface area contributed by atoms with E-state index in [0.29, 0.717) is 21.2 Å². The number of carbonyl (C=O) groups excluding carboxylic acids is 2. The Labute approximate surface area is 200 Å². The maximum absolute atomic E-state index is 14.6. The van der Waals surface area contributed by atoms with Crippen molar-refractivity contribution in [3.63, 3.8) is 0 Å². The van der Waals surface area contributed by atoms with Crippen LogP contribution in [0.5, 0.6) is 0 Å². The molecule has 0 spiro atoms. The Morgan fingerprint density at radius 2 is 1.76 bits per heavy atom. The van der Waals surface area contributed by atoms with Gasteiger partial charge in [0.1, 0.15) is 17.5 Å². The third kappa shape index (κ3) is 5.74. The third-order valence-corrected chi connectivity index (χ3v) is 5.40. The first-order chi connectivity index (χ1) is 15.3. The molecule has 170 valence electrons. The number of hydrogen-bond acceptors (Lipinski definition) is 4. The van der Waals surface area contributed by atoms with E-state index in [0.717, 1.165) is 13.1 Å². The van der Waals surface area contributed by atoms with E-state index < -0.39 is 17.5 Å². The molecule has 2 N–H and O–H groups in total. The van der Waals surface area contributed by atoms with Crippen LogP contribution < -0.4 is 5.32 Å². The highest BCUT2D eigenvalue weighted by atomic mass is 35.5. The van der Waals surface area contributed by atoms with Crippen LogP contribution >= 0.6 is 23.2 Å². The largest absolute Gasteiger partial charge is 0.353 e. The molecule has 33 heavy (non-hydrogen) atoms. The van der Waals surface area contributed by atoms with Crippen molar-refractivity contribution in [1.82, 2.24) is 9.88 Å². The van der Waals surface area contributed by atoms with Crippen LogP contribution in [0.2, 0.25) is 10.0 Å². The van der Waals surface area contributed by atoms with E-state index in [2.05, 4.69) is 10.3 Å². The van der Waals surface area contributed by atoms with Gasteiger partial charge in [-0.2, -0.15) is 0 Å². The number of Topliss-reactive ketones (excluding diaryl/α,β-unsaturated/α-hetero) is 1. The van der Waals surface area contributed by atoms with Crippen molar-refractivity contribution >= 4 is 46.5 Å². The van der Waals surface area contributed by atoms with Crippen LogP contribution in [-0.2, 0) is 6.42 Å². The van der Waals surface area contributed by atoms with Crippen molar-refractivity contribution in [3.8, 4) is 0 Å². The number of hydrogen-bond donors (Lipinski definition) is 2. The first kappa shape index (κ1) is 24.4. The monoisotopic (exact) mass is 486 g/mol. The quantitative estimate of drug-likeness (QED) is 0.209. The van der Waals surface area contributed by atoms with Gasteiger partial charge in [0.25, 0.3) is 5.91 Å². The van der Waals surface area contributed by atoms with Gasteiger partial charge in [-0.3, -0.25) is 15.0 Å². The Balaban J connectivity index is 0.00000306. The van der Waals surface area contributed by atoms with Gasteiger partial charge in [-0.05, 0) is 42.0 Å². The van der Waals surface area contributed by atoms with Gasteiger partial charge in [0.2, 0.25) is 0 Å². The number of nitrogens with one attached hydrogen (secondary N) is 2. The van der Waals surface area contributed by atoms with Gasteiger partial charge in [-0.15, -0.1) is 0 Å². The summed E-state index contributed by atoms with van der Waals surface area (Å²) in [4.78, 5) is 31.4. The third-order valence-electron chi connectivity index (χ3n) is 4.94. The van der Waals surface area contributed by atoms with Crippen LogP contribution in [0.1, 0.15) is 39.3 Å². The SMILES string of the molecule is C.N=C(c1ccc(C(=O)Cc2ccc(Cl)cc2C(=O)Nc2ccc(Cl)cn2)c(F)c1)N1CC1. The normalized spacial score (nSPS) is 12.0. The van der Waals surface area contributed by atoms with Crippen molar-refractivity contribution in [3.05, 3.63) is 92.8 Å². The van der Waals surface area contributed by atoms with E-state index in [1.807, 2.05) is 0 Å². The topological polar surface area (TPSA) is 85.9 Å². The molecule has 0 aliphatic carbocycles. The summed E-state index contributed by atoms with van der Waals surface area (Å²) >= 11 is 11.9. The van der Waals surface area contributed by atoms with Crippen molar-refractivity contribution < 1.29 is 14.0 Å². The molecule has 1 saturated heterocycles. The number of benzene rings is 2. The molecule has 1 aliphatic rings. The first-order valence-electron chi connectivity index (χ1n) is 9.70. The molecule has 1 amide bonds. The Bertz CT molecular complexity index is 1230. The number of amides is 1. The van der Waals surface area contributed by atoms with Crippen molar-refractivity contribution in [2.75, 3.05) is 18.4 Å². The van der Waals surface area contributed by atoms with Crippen LogP contribution in [0.15, 0.2) is 54.7 Å². The standard InChI is InChI=1S/C23H17Cl2FN4O2.CH4/c24-15-3-1-13(18(11-15)23(32)29-21-6-4-16(25)12-28-21)10-20(31)17-5-2-14(9-19(17)26)22(27)30-7-8-30;/h1-6,9,11-12,27H,7-8,10H2,(H,28,29,32);1H4. The lowest BCUT2D eigenvalue weighted by molar-refractivity contribution is 0.0988. The molecule has 0 bridgehead atoms. The molecule has 0 saturated carbocycles. The summed E-state index contributed by atoms with van der Waals surface area (Å²) in [5, 5.41) is 11.4. The molecule has 2 aromatic carbocycles. The molecule has 2 heterocycles. The van der Waals surface area contributed by atoms with Gasteiger partial charge in [-0.25, -0.2) is 9.37 Å². The number of pyridine rings is 1. The second-order valence-electron chi connectivity index (χ2n) is 7.25. The molecule has 6 nitrogen and oxygen atoms in total. The highest BCUT2D eigenvalue weighted by Gasteiger charge is 2.24. The van der Waals surface area contributed by atoms with Crippen LogP contribution in [0, 0.1) is 11.2 Å². The lowest BCUT2D eigenvalue weighted by Gasteiger charge is -2.11. The number of ketones is 1. The van der Waals surface area contributed by atoms with Gasteiger partial charge in [0.15, 0.2) is 5.78 Å². The second-order valence-corrected chi connectivity index (χ2v) is 8.12. The molecular weight excluding hydrogens is 466 g/mol. The predicted octanol–water partition coefficient (Wildman–Crippen LogP) is 5.48. The van der Waals surface area contributed by atoms with E-state index in [-0.39, 0.29) is 36.6 Å². The molecule has 1 aliphatic heterocycles. The van der Waals surface area contributed by atoms with Crippen LogP contribution in [0.4, 0.5) is 10.2 Å². The van der Waals surface area contributed by atoms with E-state index >= 15 is 0 Å². The minimum atomic E-state index is -0.704.